The Morgan fingerprint density at radius 2 is 1.55 bits per heavy atom. The predicted molar refractivity (Wildman–Crippen MR) is 87.4 cm³/mol. The molecule has 0 aliphatic rings. The Hall–Kier alpha value is -0.613. The van der Waals surface area contributed by atoms with E-state index in [9.17, 15) is 4.79 Å². The minimum atomic E-state index is -1.62. The van der Waals surface area contributed by atoms with Crippen molar-refractivity contribution >= 4 is 14.3 Å². The van der Waals surface area contributed by atoms with Crippen molar-refractivity contribution in [3.8, 4) is 0 Å². The van der Waals surface area contributed by atoms with Crippen LogP contribution < -0.4 is 0 Å². The SMILES string of the molecule is C=C(C)C(=O)OCCC[Si](CCCC)(CCCC)OC. The molecule has 0 aliphatic heterocycles. The number of unbranched alkanes of at least 4 members (excludes halogenated alkanes) is 2. The summed E-state index contributed by atoms with van der Waals surface area (Å²) >= 11 is 0. The minimum absolute atomic E-state index is 0.281. The number of ether oxygens (including phenoxy) is 1. The third-order valence-corrected chi connectivity index (χ3v) is 8.42. The zero-order valence-corrected chi connectivity index (χ0v) is 14.8. The van der Waals surface area contributed by atoms with E-state index in [1.807, 2.05) is 7.11 Å². The van der Waals surface area contributed by atoms with Crippen molar-refractivity contribution in [2.75, 3.05) is 13.7 Å². The van der Waals surface area contributed by atoms with E-state index < -0.39 is 8.32 Å². The van der Waals surface area contributed by atoms with Gasteiger partial charge in [0.25, 0.3) is 0 Å². The molecule has 4 heteroatoms. The first kappa shape index (κ1) is 19.4. The topological polar surface area (TPSA) is 35.5 Å². The second-order valence-electron chi connectivity index (χ2n) is 5.61. The zero-order valence-electron chi connectivity index (χ0n) is 13.8. The standard InChI is InChI=1S/C16H32O3Si/c1-6-8-12-20(18-5,13-9-7-2)14-10-11-19-16(17)15(3)4/h3,6-14H2,1-2,4-5H3. The molecule has 0 rings (SSSR count). The summed E-state index contributed by atoms with van der Waals surface area (Å²) in [6, 6.07) is 3.55. The summed E-state index contributed by atoms with van der Waals surface area (Å²) in [5.74, 6) is -0.281. The fourth-order valence-corrected chi connectivity index (χ4v) is 6.51. The summed E-state index contributed by atoms with van der Waals surface area (Å²) in [5, 5.41) is 0. The molecule has 0 aromatic heterocycles. The molecule has 0 unspecified atom stereocenters. The van der Waals surface area contributed by atoms with Crippen LogP contribution in [0, 0.1) is 0 Å². The number of carbonyl (C=O) groups is 1. The van der Waals surface area contributed by atoms with E-state index in [4.69, 9.17) is 9.16 Å². The Labute approximate surface area is 125 Å². The Morgan fingerprint density at radius 1 is 1.05 bits per heavy atom. The first-order chi connectivity index (χ1) is 9.51. The molecule has 20 heavy (non-hydrogen) atoms. The van der Waals surface area contributed by atoms with Crippen molar-refractivity contribution < 1.29 is 14.0 Å². The van der Waals surface area contributed by atoms with E-state index in [0.717, 1.165) is 12.5 Å². The molecule has 0 atom stereocenters. The molecule has 0 spiro atoms. The third kappa shape index (κ3) is 7.85. The van der Waals surface area contributed by atoms with Gasteiger partial charge in [0.2, 0.25) is 0 Å². The summed E-state index contributed by atoms with van der Waals surface area (Å²) in [4.78, 5) is 11.3. The summed E-state index contributed by atoms with van der Waals surface area (Å²) in [6.07, 6.45) is 5.83. The fraction of sp³-hybridized carbons (Fsp3) is 0.812. The first-order valence-electron chi connectivity index (χ1n) is 7.89. The lowest BCUT2D eigenvalue weighted by molar-refractivity contribution is -0.138. The van der Waals surface area contributed by atoms with Gasteiger partial charge in [-0.05, 0) is 31.5 Å². The molecule has 0 fully saturated rings. The van der Waals surface area contributed by atoms with Gasteiger partial charge in [-0.25, -0.2) is 4.79 Å². The van der Waals surface area contributed by atoms with Gasteiger partial charge in [0, 0.05) is 12.7 Å². The molecule has 0 saturated heterocycles. The van der Waals surface area contributed by atoms with Crippen LogP contribution >= 0.6 is 0 Å². The summed E-state index contributed by atoms with van der Waals surface area (Å²) in [7, 11) is 0.248. The number of esters is 1. The van der Waals surface area contributed by atoms with Crippen LogP contribution in [0.25, 0.3) is 0 Å². The lowest BCUT2D eigenvalue weighted by atomic mass is 10.4. The number of rotatable bonds is 12. The summed E-state index contributed by atoms with van der Waals surface area (Å²) < 4.78 is 11.2. The molecule has 118 valence electrons. The molecular weight excluding hydrogens is 268 g/mol. The lowest BCUT2D eigenvalue weighted by Gasteiger charge is -2.30. The van der Waals surface area contributed by atoms with Crippen molar-refractivity contribution in [3.63, 3.8) is 0 Å². The molecule has 0 N–H and O–H groups in total. The van der Waals surface area contributed by atoms with E-state index in [2.05, 4.69) is 20.4 Å². The maximum atomic E-state index is 11.3. The zero-order chi connectivity index (χ0) is 15.4. The van der Waals surface area contributed by atoms with Crippen LogP contribution in [-0.4, -0.2) is 28.0 Å². The van der Waals surface area contributed by atoms with Crippen LogP contribution in [0.1, 0.15) is 52.9 Å². The number of carbonyl (C=O) groups excluding carboxylic acids is 1. The Kier molecular flexibility index (Phi) is 10.8. The van der Waals surface area contributed by atoms with Crippen molar-refractivity contribution in [1.82, 2.24) is 0 Å². The van der Waals surface area contributed by atoms with Gasteiger partial charge in [0.15, 0.2) is 8.32 Å². The molecule has 0 bridgehead atoms. The van der Waals surface area contributed by atoms with Gasteiger partial charge in [-0.1, -0.05) is 46.1 Å². The predicted octanol–water partition coefficient (Wildman–Crippen LogP) is 4.69. The molecule has 0 aromatic rings. The van der Waals surface area contributed by atoms with Crippen molar-refractivity contribution in [2.45, 2.75) is 71.0 Å². The smallest absolute Gasteiger partial charge is 0.333 e. The Bertz CT molecular complexity index is 281. The van der Waals surface area contributed by atoms with E-state index in [-0.39, 0.29) is 5.97 Å². The number of hydrogen-bond donors (Lipinski definition) is 0. The second-order valence-corrected chi connectivity index (χ2v) is 9.89. The average Bonchev–Trinajstić information content (AvgIpc) is 2.45. The maximum absolute atomic E-state index is 11.3. The maximum Gasteiger partial charge on any atom is 0.333 e. The van der Waals surface area contributed by atoms with Gasteiger partial charge >= 0.3 is 5.97 Å². The molecule has 0 amide bonds. The molecule has 0 radical (unpaired) electrons. The van der Waals surface area contributed by atoms with Crippen molar-refractivity contribution in [1.29, 1.82) is 0 Å². The van der Waals surface area contributed by atoms with Crippen LogP contribution in [0.15, 0.2) is 12.2 Å². The Balaban J connectivity index is 4.25. The normalized spacial score (nSPS) is 11.4. The van der Waals surface area contributed by atoms with Crippen molar-refractivity contribution in [2.24, 2.45) is 0 Å². The van der Waals surface area contributed by atoms with Crippen LogP contribution in [0.5, 0.6) is 0 Å². The molecule has 0 aliphatic carbocycles. The van der Waals surface area contributed by atoms with Crippen molar-refractivity contribution in [3.05, 3.63) is 12.2 Å². The van der Waals surface area contributed by atoms with E-state index in [1.165, 1.54) is 37.8 Å². The highest BCUT2D eigenvalue weighted by molar-refractivity contribution is 6.73. The highest BCUT2D eigenvalue weighted by Gasteiger charge is 2.31. The minimum Gasteiger partial charge on any atom is -0.462 e. The average molecular weight is 301 g/mol. The third-order valence-electron chi connectivity index (χ3n) is 3.76. The molecular formula is C16H32O3Si. The summed E-state index contributed by atoms with van der Waals surface area (Å²) in [5.41, 5.74) is 0.470. The van der Waals surface area contributed by atoms with E-state index >= 15 is 0 Å². The van der Waals surface area contributed by atoms with Gasteiger partial charge < -0.3 is 9.16 Å². The van der Waals surface area contributed by atoms with Crippen LogP contribution in [-0.2, 0) is 14.0 Å². The van der Waals surface area contributed by atoms with Gasteiger partial charge in [0.1, 0.15) is 0 Å². The largest absolute Gasteiger partial charge is 0.462 e. The monoisotopic (exact) mass is 300 g/mol. The van der Waals surface area contributed by atoms with Crippen LogP contribution in [0.2, 0.25) is 18.1 Å². The van der Waals surface area contributed by atoms with E-state index in [0.29, 0.717) is 12.2 Å². The van der Waals surface area contributed by atoms with Gasteiger partial charge in [0.05, 0.1) is 6.61 Å². The lowest BCUT2D eigenvalue weighted by Crippen LogP contribution is -2.37. The molecule has 0 saturated carbocycles. The fourth-order valence-electron chi connectivity index (χ4n) is 2.36. The second kappa shape index (κ2) is 11.1. The highest BCUT2D eigenvalue weighted by Crippen LogP contribution is 2.28. The van der Waals surface area contributed by atoms with Gasteiger partial charge in [-0.2, -0.15) is 0 Å². The first-order valence-corrected chi connectivity index (χ1v) is 10.4. The quantitative estimate of drug-likeness (QED) is 0.227. The molecule has 0 heterocycles. The molecule has 0 aromatic carbocycles. The van der Waals surface area contributed by atoms with Crippen LogP contribution in [0.4, 0.5) is 0 Å². The Morgan fingerprint density at radius 3 is 1.95 bits per heavy atom. The van der Waals surface area contributed by atoms with E-state index in [1.54, 1.807) is 6.92 Å². The molecule has 3 nitrogen and oxygen atoms in total. The van der Waals surface area contributed by atoms with Crippen LogP contribution in [0.3, 0.4) is 0 Å². The number of hydrogen-bond acceptors (Lipinski definition) is 3. The summed E-state index contributed by atoms with van der Waals surface area (Å²) in [6.45, 7) is 10.2. The highest BCUT2D eigenvalue weighted by atomic mass is 28.4. The van der Waals surface area contributed by atoms with Gasteiger partial charge in [-0.15, -0.1) is 0 Å². The van der Waals surface area contributed by atoms with Gasteiger partial charge in [-0.3, -0.25) is 0 Å².